The molecule has 0 aromatic heterocycles. The second-order valence-corrected chi connectivity index (χ2v) is 6.77. The van der Waals surface area contributed by atoms with Gasteiger partial charge in [-0.25, -0.2) is 0 Å². The van der Waals surface area contributed by atoms with Crippen LogP contribution in [-0.4, -0.2) is 35.8 Å². The Morgan fingerprint density at radius 2 is 1.54 bits per heavy atom. The van der Waals surface area contributed by atoms with E-state index in [2.05, 4.69) is 36.2 Å². The van der Waals surface area contributed by atoms with Crippen LogP contribution in [0.2, 0.25) is 0 Å². The van der Waals surface area contributed by atoms with Crippen molar-refractivity contribution in [2.75, 3.05) is 20.1 Å². The highest BCUT2D eigenvalue weighted by atomic mass is 16.2. The van der Waals surface area contributed by atoms with E-state index in [-0.39, 0.29) is 11.8 Å². The van der Waals surface area contributed by atoms with Gasteiger partial charge in [-0.05, 0) is 37.6 Å². The number of carbonyl (C=O) groups excluding carboxylic acids is 1. The molecule has 1 aliphatic rings. The van der Waals surface area contributed by atoms with Crippen LogP contribution in [-0.2, 0) is 17.9 Å². The van der Waals surface area contributed by atoms with Gasteiger partial charge in [-0.15, -0.1) is 0 Å². The lowest BCUT2D eigenvalue weighted by Gasteiger charge is -2.33. The van der Waals surface area contributed by atoms with Crippen LogP contribution in [0.25, 0.3) is 0 Å². The topological polar surface area (TPSA) is 23.6 Å². The van der Waals surface area contributed by atoms with E-state index in [0.717, 1.165) is 25.9 Å². The van der Waals surface area contributed by atoms with Crippen LogP contribution in [0.1, 0.15) is 24.0 Å². The highest BCUT2D eigenvalue weighted by molar-refractivity contribution is 5.79. The zero-order chi connectivity index (χ0) is 16.8. The molecule has 0 unspecified atom stereocenters. The molecule has 0 spiro atoms. The molecule has 1 saturated heterocycles. The van der Waals surface area contributed by atoms with Crippen molar-refractivity contribution in [1.82, 2.24) is 9.80 Å². The summed E-state index contributed by atoms with van der Waals surface area (Å²) in [7, 11) is 2.11. The van der Waals surface area contributed by atoms with Gasteiger partial charge in [0.1, 0.15) is 0 Å². The van der Waals surface area contributed by atoms with Crippen LogP contribution in [0.4, 0.5) is 0 Å². The van der Waals surface area contributed by atoms with E-state index in [0.29, 0.717) is 13.1 Å². The summed E-state index contributed by atoms with van der Waals surface area (Å²) in [6.07, 6.45) is 2.11. The van der Waals surface area contributed by atoms with Gasteiger partial charge in [0.25, 0.3) is 0 Å². The molecule has 0 aliphatic carbocycles. The molecule has 2 aromatic rings. The maximum absolute atomic E-state index is 13.2. The van der Waals surface area contributed by atoms with E-state index in [4.69, 9.17) is 0 Å². The van der Waals surface area contributed by atoms with Crippen molar-refractivity contribution in [3.63, 3.8) is 0 Å². The third kappa shape index (κ3) is 4.45. The highest BCUT2D eigenvalue weighted by Crippen LogP contribution is 2.20. The summed E-state index contributed by atoms with van der Waals surface area (Å²) in [5.74, 6) is 0.408. The first-order chi connectivity index (χ1) is 11.7. The molecule has 2 aromatic carbocycles. The summed E-state index contributed by atoms with van der Waals surface area (Å²) >= 11 is 0. The number of hydrogen-bond donors (Lipinski definition) is 0. The molecule has 1 atom stereocenters. The Labute approximate surface area is 144 Å². The lowest BCUT2D eigenvalue weighted by molar-refractivity contribution is -0.138. The van der Waals surface area contributed by atoms with Gasteiger partial charge in [0.15, 0.2) is 0 Å². The fourth-order valence-corrected chi connectivity index (χ4v) is 3.45. The number of benzene rings is 2. The number of likely N-dealkylation sites (tertiary alicyclic amines) is 1. The highest BCUT2D eigenvalue weighted by Gasteiger charge is 2.28. The average molecular weight is 322 g/mol. The summed E-state index contributed by atoms with van der Waals surface area (Å²) in [4.78, 5) is 17.4. The van der Waals surface area contributed by atoms with Gasteiger partial charge in [-0.2, -0.15) is 0 Å². The molecule has 0 bridgehead atoms. The van der Waals surface area contributed by atoms with Crippen LogP contribution < -0.4 is 0 Å². The van der Waals surface area contributed by atoms with Gasteiger partial charge in [0.05, 0.1) is 5.92 Å². The van der Waals surface area contributed by atoms with E-state index in [9.17, 15) is 4.79 Å². The third-order valence-corrected chi connectivity index (χ3v) is 4.72. The van der Waals surface area contributed by atoms with Crippen LogP contribution in [0.5, 0.6) is 0 Å². The van der Waals surface area contributed by atoms with Gasteiger partial charge in [0, 0.05) is 19.6 Å². The van der Waals surface area contributed by atoms with Crippen molar-refractivity contribution in [1.29, 1.82) is 0 Å². The first-order valence-corrected chi connectivity index (χ1v) is 8.77. The van der Waals surface area contributed by atoms with Gasteiger partial charge in [-0.3, -0.25) is 4.79 Å². The van der Waals surface area contributed by atoms with Crippen molar-refractivity contribution in [3.8, 4) is 0 Å². The quantitative estimate of drug-likeness (QED) is 0.840. The molecular formula is C21H26N2O. The first-order valence-electron chi connectivity index (χ1n) is 8.77. The van der Waals surface area contributed by atoms with Gasteiger partial charge in [-0.1, -0.05) is 60.7 Å². The number of rotatable bonds is 5. The van der Waals surface area contributed by atoms with E-state index in [1.165, 1.54) is 11.1 Å². The first kappa shape index (κ1) is 16.7. The monoisotopic (exact) mass is 322 g/mol. The minimum absolute atomic E-state index is 0.121. The van der Waals surface area contributed by atoms with Crippen LogP contribution in [0, 0.1) is 5.92 Å². The van der Waals surface area contributed by atoms with Crippen molar-refractivity contribution in [2.24, 2.45) is 5.92 Å². The van der Waals surface area contributed by atoms with Crippen molar-refractivity contribution in [2.45, 2.75) is 25.9 Å². The predicted molar refractivity (Wildman–Crippen MR) is 97.4 cm³/mol. The maximum Gasteiger partial charge on any atom is 0.227 e. The largest absolute Gasteiger partial charge is 0.334 e. The lowest BCUT2D eigenvalue weighted by atomic mass is 9.96. The summed E-state index contributed by atoms with van der Waals surface area (Å²) in [5.41, 5.74) is 2.37. The molecule has 24 heavy (non-hydrogen) atoms. The van der Waals surface area contributed by atoms with Crippen LogP contribution in [0.3, 0.4) is 0 Å². The third-order valence-electron chi connectivity index (χ3n) is 4.72. The average Bonchev–Trinajstić information content (AvgIpc) is 2.62. The number of nitrogens with zero attached hydrogens (tertiary/aromatic N) is 2. The molecule has 0 N–H and O–H groups in total. The molecule has 0 saturated carbocycles. The smallest absolute Gasteiger partial charge is 0.227 e. The molecular weight excluding hydrogens is 296 g/mol. The molecule has 3 heteroatoms. The second kappa shape index (κ2) is 8.11. The summed E-state index contributed by atoms with van der Waals surface area (Å²) < 4.78 is 0. The zero-order valence-electron chi connectivity index (χ0n) is 14.4. The summed E-state index contributed by atoms with van der Waals surface area (Å²) in [6, 6.07) is 20.6. The van der Waals surface area contributed by atoms with Crippen molar-refractivity contribution < 1.29 is 4.79 Å². The Morgan fingerprint density at radius 3 is 2.04 bits per heavy atom. The standard InChI is InChI=1S/C21H26N2O/c1-22-14-8-13-20(17-22)21(24)23(15-18-9-4-2-5-10-18)16-19-11-6-3-7-12-19/h2-7,9-12,20H,8,13-17H2,1H3/t20-/m1/s1. The Bertz CT molecular complexity index is 600. The summed E-state index contributed by atoms with van der Waals surface area (Å²) in [5, 5.41) is 0. The number of piperidine rings is 1. The number of carbonyl (C=O) groups is 1. The van der Waals surface area contributed by atoms with Crippen LogP contribution in [0.15, 0.2) is 60.7 Å². The van der Waals surface area contributed by atoms with E-state index >= 15 is 0 Å². The fraction of sp³-hybridized carbons (Fsp3) is 0.381. The van der Waals surface area contributed by atoms with Crippen molar-refractivity contribution >= 4 is 5.91 Å². The Balaban J connectivity index is 1.76. The van der Waals surface area contributed by atoms with E-state index < -0.39 is 0 Å². The lowest BCUT2D eigenvalue weighted by Crippen LogP contribution is -2.43. The molecule has 3 rings (SSSR count). The van der Waals surface area contributed by atoms with Crippen molar-refractivity contribution in [3.05, 3.63) is 71.8 Å². The minimum atomic E-state index is 0.121. The molecule has 126 valence electrons. The van der Waals surface area contributed by atoms with E-state index in [1.54, 1.807) is 0 Å². The molecule has 1 heterocycles. The fourth-order valence-electron chi connectivity index (χ4n) is 3.45. The molecule has 1 aliphatic heterocycles. The summed E-state index contributed by atoms with van der Waals surface area (Å²) in [6.45, 7) is 3.32. The van der Waals surface area contributed by atoms with E-state index in [1.807, 2.05) is 41.3 Å². The Morgan fingerprint density at radius 1 is 1.00 bits per heavy atom. The van der Waals surface area contributed by atoms with Gasteiger partial charge < -0.3 is 9.80 Å². The molecule has 1 amide bonds. The Kier molecular flexibility index (Phi) is 5.65. The molecule has 0 radical (unpaired) electrons. The molecule has 1 fully saturated rings. The second-order valence-electron chi connectivity index (χ2n) is 6.77. The maximum atomic E-state index is 13.2. The minimum Gasteiger partial charge on any atom is -0.334 e. The van der Waals surface area contributed by atoms with Crippen LogP contribution >= 0.6 is 0 Å². The Hall–Kier alpha value is -2.13. The normalized spacial score (nSPS) is 18.3. The SMILES string of the molecule is CN1CCC[C@@H](C(=O)N(Cc2ccccc2)Cc2ccccc2)C1. The number of hydrogen-bond acceptors (Lipinski definition) is 2. The number of amides is 1. The van der Waals surface area contributed by atoms with Gasteiger partial charge in [0.2, 0.25) is 5.91 Å². The van der Waals surface area contributed by atoms with Gasteiger partial charge >= 0.3 is 0 Å². The predicted octanol–water partition coefficient (Wildman–Crippen LogP) is 3.56. The molecule has 3 nitrogen and oxygen atoms in total. The zero-order valence-corrected chi connectivity index (χ0v) is 14.4.